The first-order valence-electron chi connectivity index (χ1n) is 7.11. The van der Waals surface area contributed by atoms with Crippen molar-refractivity contribution in [3.63, 3.8) is 0 Å². The Bertz CT molecular complexity index is 762. The number of hydrogen-bond donors (Lipinski definition) is 0. The van der Waals surface area contributed by atoms with Crippen LogP contribution >= 0.6 is 22.6 Å². The second-order valence-corrected chi connectivity index (χ2v) is 6.33. The van der Waals surface area contributed by atoms with Gasteiger partial charge in [-0.25, -0.2) is 9.37 Å². The van der Waals surface area contributed by atoms with E-state index in [1.54, 1.807) is 12.1 Å². The van der Waals surface area contributed by atoms with Crippen molar-refractivity contribution in [1.29, 1.82) is 0 Å². The van der Waals surface area contributed by atoms with E-state index < -0.39 is 0 Å². The Kier molecular flexibility index (Phi) is 4.24. The third-order valence-corrected chi connectivity index (χ3v) is 4.22. The average Bonchev–Trinajstić information content (AvgIpc) is 2.83. The number of fused-ring (bicyclic) bond motifs is 1. The van der Waals surface area contributed by atoms with E-state index in [1.165, 1.54) is 15.7 Å². The van der Waals surface area contributed by atoms with Crippen LogP contribution in [-0.4, -0.2) is 9.55 Å². The first-order valence-corrected chi connectivity index (χ1v) is 8.18. The standard InChI is InChI=1S/C17H16FIN2/c1-2-3-10-21-16-9-8-14(19)11-15(16)20-17(21)12-4-6-13(18)7-5-12/h4-9,11H,2-3,10H2,1H3. The fourth-order valence-corrected chi connectivity index (χ4v) is 2.94. The van der Waals surface area contributed by atoms with Crippen LogP contribution in [0.2, 0.25) is 0 Å². The van der Waals surface area contributed by atoms with Crippen LogP contribution in [0.5, 0.6) is 0 Å². The molecule has 108 valence electrons. The minimum Gasteiger partial charge on any atom is -0.324 e. The summed E-state index contributed by atoms with van der Waals surface area (Å²) in [5.74, 6) is 0.699. The van der Waals surface area contributed by atoms with E-state index in [0.29, 0.717) is 0 Å². The maximum absolute atomic E-state index is 13.1. The van der Waals surface area contributed by atoms with E-state index in [4.69, 9.17) is 4.98 Å². The van der Waals surface area contributed by atoms with Crippen LogP contribution in [0.4, 0.5) is 4.39 Å². The van der Waals surface area contributed by atoms with Gasteiger partial charge in [-0.3, -0.25) is 0 Å². The monoisotopic (exact) mass is 394 g/mol. The summed E-state index contributed by atoms with van der Waals surface area (Å²) in [6.07, 6.45) is 2.23. The van der Waals surface area contributed by atoms with Gasteiger partial charge in [-0.1, -0.05) is 13.3 Å². The molecule has 0 amide bonds. The third-order valence-electron chi connectivity index (χ3n) is 3.55. The second-order valence-electron chi connectivity index (χ2n) is 5.08. The van der Waals surface area contributed by atoms with Gasteiger partial charge in [0, 0.05) is 15.7 Å². The summed E-state index contributed by atoms with van der Waals surface area (Å²) in [6, 6.07) is 12.9. The number of hydrogen-bond acceptors (Lipinski definition) is 1. The molecule has 0 radical (unpaired) electrons. The van der Waals surface area contributed by atoms with Crippen LogP contribution in [0.25, 0.3) is 22.4 Å². The van der Waals surface area contributed by atoms with Crippen LogP contribution in [0.3, 0.4) is 0 Å². The number of rotatable bonds is 4. The maximum Gasteiger partial charge on any atom is 0.141 e. The molecule has 4 heteroatoms. The molecule has 21 heavy (non-hydrogen) atoms. The quantitative estimate of drug-likeness (QED) is 0.553. The lowest BCUT2D eigenvalue weighted by molar-refractivity contribution is 0.627. The van der Waals surface area contributed by atoms with Gasteiger partial charge in [0.15, 0.2) is 0 Å². The van der Waals surface area contributed by atoms with Crippen LogP contribution < -0.4 is 0 Å². The van der Waals surface area contributed by atoms with Crippen molar-refractivity contribution in [1.82, 2.24) is 9.55 Å². The smallest absolute Gasteiger partial charge is 0.141 e. The van der Waals surface area contributed by atoms with Gasteiger partial charge in [0.25, 0.3) is 0 Å². The predicted molar refractivity (Wildman–Crippen MR) is 92.8 cm³/mol. The van der Waals surface area contributed by atoms with E-state index in [0.717, 1.165) is 41.8 Å². The fraction of sp³-hybridized carbons (Fsp3) is 0.235. The normalized spacial score (nSPS) is 11.2. The van der Waals surface area contributed by atoms with Gasteiger partial charge in [-0.15, -0.1) is 0 Å². The van der Waals surface area contributed by atoms with Crippen LogP contribution in [0, 0.1) is 9.39 Å². The first-order chi connectivity index (χ1) is 10.2. The first kappa shape index (κ1) is 14.5. The molecule has 0 atom stereocenters. The highest BCUT2D eigenvalue weighted by Gasteiger charge is 2.12. The largest absolute Gasteiger partial charge is 0.324 e. The minimum atomic E-state index is -0.218. The molecule has 1 heterocycles. The number of unbranched alkanes of at least 4 members (excludes halogenated alkanes) is 1. The summed E-state index contributed by atoms with van der Waals surface area (Å²) in [7, 11) is 0. The van der Waals surface area contributed by atoms with Gasteiger partial charge in [0.1, 0.15) is 11.6 Å². The summed E-state index contributed by atoms with van der Waals surface area (Å²) < 4.78 is 16.5. The van der Waals surface area contributed by atoms with Gasteiger partial charge in [-0.2, -0.15) is 0 Å². The van der Waals surface area contributed by atoms with Crippen LogP contribution in [0.15, 0.2) is 42.5 Å². The summed E-state index contributed by atoms with van der Waals surface area (Å²) in [6.45, 7) is 3.11. The van der Waals surface area contributed by atoms with Crippen molar-refractivity contribution in [2.24, 2.45) is 0 Å². The minimum absolute atomic E-state index is 0.218. The summed E-state index contributed by atoms with van der Waals surface area (Å²) >= 11 is 2.30. The summed E-state index contributed by atoms with van der Waals surface area (Å²) in [5, 5.41) is 0. The van der Waals surface area contributed by atoms with E-state index in [-0.39, 0.29) is 5.82 Å². The Balaban J connectivity index is 2.17. The molecule has 0 saturated carbocycles. The van der Waals surface area contributed by atoms with Gasteiger partial charge >= 0.3 is 0 Å². The molecule has 0 bridgehead atoms. The molecule has 0 saturated heterocycles. The van der Waals surface area contributed by atoms with E-state index in [2.05, 4.69) is 52.3 Å². The molecule has 0 N–H and O–H groups in total. The van der Waals surface area contributed by atoms with E-state index in [1.807, 2.05) is 0 Å². The highest BCUT2D eigenvalue weighted by atomic mass is 127. The second kappa shape index (κ2) is 6.13. The molecular weight excluding hydrogens is 378 g/mol. The maximum atomic E-state index is 13.1. The molecule has 0 aliphatic carbocycles. The SMILES string of the molecule is CCCCn1c(-c2ccc(F)cc2)nc2cc(I)ccc21. The van der Waals surface area contributed by atoms with Crippen molar-refractivity contribution >= 4 is 33.6 Å². The zero-order chi connectivity index (χ0) is 14.8. The molecule has 0 unspecified atom stereocenters. The molecule has 2 nitrogen and oxygen atoms in total. The Morgan fingerprint density at radius 3 is 2.62 bits per heavy atom. The number of halogens is 2. The number of aryl methyl sites for hydroxylation is 1. The Morgan fingerprint density at radius 1 is 1.14 bits per heavy atom. The lowest BCUT2D eigenvalue weighted by Crippen LogP contribution is -2.00. The van der Waals surface area contributed by atoms with E-state index in [9.17, 15) is 4.39 Å². The lowest BCUT2D eigenvalue weighted by atomic mass is 10.2. The van der Waals surface area contributed by atoms with Crippen molar-refractivity contribution in [2.45, 2.75) is 26.3 Å². The Morgan fingerprint density at radius 2 is 1.90 bits per heavy atom. The van der Waals surface area contributed by atoms with Crippen LogP contribution in [-0.2, 0) is 6.54 Å². The zero-order valence-electron chi connectivity index (χ0n) is 11.8. The molecule has 0 aliphatic rings. The predicted octanol–water partition coefficient (Wildman–Crippen LogP) is 5.25. The Hall–Kier alpha value is -1.43. The number of nitrogens with zero attached hydrogens (tertiary/aromatic N) is 2. The average molecular weight is 394 g/mol. The fourth-order valence-electron chi connectivity index (χ4n) is 2.46. The third kappa shape index (κ3) is 2.95. The lowest BCUT2D eigenvalue weighted by Gasteiger charge is -2.08. The molecule has 3 rings (SSSR count). The van der Waals surface area contributed by atoms with Gasteiger partial charge in [-0.05, 0) is 71.5 Å². The van der Waals surface area contributed by atoms with Crippen LogP contribution in [0.1, 0.15) is 19.8 Å². The van der Waals surface area contributed by atoms with Crippen molar-refractivity contribution in [3.05, 3.63) is 51.9 Å². The highest BCUT2D eigenvalue weighted by molar-refractivity contribution is 14.1. The molecular formula is C17H16FIN2. The molecule has 0 aliphatic heterocycles. The molecule has 0 fully saturated rings. The van der Waals surface area contributed by atoms with Gasteiger partial charge in [0.2, 0.25) is 0 Å². The summed E-state index contributed by atoms with van der Waals surface area (Å²) in [4.78, 5) is 4.76. The summed E-state index contributed by atoms with van der Waals surface area (Å²) in [5.41, 5.74) is 3.10. The molecule has 0 spiro atoms. The topological polar surface area (TPSA) is 17.8 Å². The zero-order valence-corrected chi connectivity index (χ0v) is 14.0. The van der Waals surface area contributed by atoms with Gasteiger partial charge in [0.05, 0.1) is 11.0 Å². The number of imidazole rings is 1. The van der Waals surface area contributed by atoms with E-state index >= 15 is 0 Å². The molecule has 1 aromatic heterocycles. The molecule has 2 aromatic carbocycles. The van der Waals surface area contributed by atoms with Gasteiger partial charge < -0.3 is 4.57 Å². The Labute approximate surface area is 137 Å². The molecule has 3 aromatic rings. The highest BCUT2D eigenvalue weighted by Crippen LogP contribution is 2.26. The van der Waals surface area contributed by atoms with Crippen molar-refractivity contribution < 1.29 is 4.39 Å². The number of aromatic nitrogens is 2. The van der Waals surface area contributed by atoms with Crippen molar-refractivity contribution in [2.75, 3.05) is 0 Å². The number of benzene rings is 2. The van der Waals surface area contributed by atoms with Crippen molar-refractivity contribution in [3.8, 4) is 11.4 Å².